The van der Waals surface area contributed by atoms with Gasteiger partial charge in [-0.3, -0.25) is 4.79 Å². The van der Waals surface area contributed by atoms with Gasteiger partial charge < -0.3 is 11.1 Å². The van der Waals surface area contributed by atoms with Crippen molar-refractivity contribution >= 4 is 5.91 Å². The molecule has 0 bridgehead atoms. The standard InChI is InChI=1S/C13H26N2O/c1-8(2)12(13(14)16)15-11-7-5-6-9(3)10(11)4/h8-12,15H,5-7H2,1-4H3,(H2,14,16). The Hall–Kier alpha value is -0.570. The van der Waals surface area contributed by atoms with Gasteiger partial charge in [0.15, 0.2) is 0 Å². The summed E-state index contributed by atoms with van der Waals surface area (Å²) in [6.45, 7) is 8.66. The molecule has 0 aromatic heterocycles. The lowest BCUT2D eigenvalue weighted by molar-refractivity contribution is -0.121. The number of hydrogen-bond donors (Lipinski definition) is 2. The maximum atomic E-state index is 11.4. The van der Waals surface area contributed by atoms with E-state index in [0.29, 0.717) is 12.0 Å². The molecule has 1 aliphatic rings. The lowest BCUT2D eigenvalue weighted by Gasteiger charge is -2.37. The van der Waals surface area contributed by atoms with Gasteiger partial charge in [0.1, 0.15) is 0 Å². The minimum Gasteiger partial charge on any atom is -0.368 e. The Morgan fingerprint density at radius 1 is 1.31 bits per heavy atom. The predicted molar refractivity (Wildman–Crippen MR) is 66.9 cm³/mol. The monoisotopic (exact) mass is 226 g/mol. The van der Waals surface area contributed by atoms with E-state index >= 15 is 0 Å². The summed E-state index contributed by atoms with van der Waals surface area (Å²) in [6, 6.07) is 0.265. The Bertz CT molecular complexity index is 240. The summed E-state index contributed by atoms with van der Waals surface area (Å²) in [4.78, 5) is 11.4. The van der Waals surface area contributed by atoms with Crippen molar-refractivity contribution in [2.45, 2.75) is 59.0 Å². The molecule has 0 radical (unpaired) electrons. The quantitative estimate of drug-likeness (QED) is 0.769. The third-order valence-corrected chi connectivity index (χ3v) is 4.07. The van der Waals surface area contributed by atoms with Crippen LogP contribution < -0.4 is 11.1 Å². The maximum absolute atomic E-state index is 11.4. The molecule has 1 saturated carbocycles. The van der Waals surface area contributed by atoms with Crippen molar-refractivity contribution in [2.24, 2.45) is 23.5 Å². The minimum absolute atomic E-state index is 0.183. The summed E-state index contributed by atoms with van der Waals surface area (Å²) in [6.07, 6.45) is 3.73. The first-order valence-corrected chi connectivity index (χ1v) is 6.48. The molecule has 0 spiro atoms. The SMILES string of the molecule is CC(C)C(NC1CCCC(C)C1C)C(N)=O. The summed E-state index contributed by atoms with van der Waals surface area (Å²) in [5, 5.41) is 3.46. The van der Waals surface area contributed by atoms with Gasteiger partial charge in [-0.2, -0.15) is 0 Å². The largest absolute Gasteiger partial charge is 0.368 e. The van der Waals surface area contributed by atoms with Crippen LogP contribution in [0.15, 0.2) is 0 Å². The van der Waals surface area contributed by atoms with Crippen LogP contribution >= 0.6 is 0 Å². The second kappa shape index (κ2) is 5.67. The summed E-state index contributed by atoms with van der Waals surface area (Å²) in [7, 11) is 0. The average Bonchev–Trinajstić information content (AvgIpc) is 2.19. The van der Waals surface area contributed by atoms with Crippen molar-refractivity contribution < 1.29 is 4.79 Å². The van der Waals surface area contributed by atoms with Crippen molar-refractivity contribution in [1.29, 1.82) is 0 Å². The molecule has 3 nitrogen and oxygen atoms in total. The molecule has 94 valence electrons. The van der Waals surface area contributed by atoms with E-state index in [4.69, 9.17) is 5.73 Å². The molecule has 16 heavy (non-hydrogen) atoms. The molecule has 4 atom stereocenters. The van der Waals surface area contributed by atoms with Crippen molar-refractivity contribution in [3.63, 3.8) is 0 Å². The highest BCUT2D eigenvalue weighted by Gasteiger charge is 2.30. The maximum Gasteiger partial charge on any atom is 0.234 e. The molecule has 0 heterocycles. The molecular formula is C13H26N2O. The van der Waals surface area contributed by atoms with Gasteiger partial charge in [-0.1, -0.05) is 40.5 Å². The van der Waals surface area contributed by atoms with E-state index in [1.54, 1.807) is 0 Å². The van der Waals surface area contributed by atoms with E-state index in [1.165, 1.54) is 19.3 Å². The minimum atomic E-state index is -0.222. The zero-order valence-corrected chi connectivity index (χ0v) is 11.0. The lowest BCUT2D eigenvalue weighted by Crippen LogP contribution is -2.53. The summed E-state index contributed by atoms with van der Waals surface area (Å²) >= 11 is 0. The number of nitrogens with two attached hydrogens (primary N) is 1. The van der Waals surface area contributed by atoms with Crippen molar-refractivity contribution in [3.05, 3.63) is 0 Å². The fourth-order valence-electron chi connectivity index (χ4n) is 2.65. The highest BCUT2D eigenvalue weighted by Crippen LogP contribution is 2.30. The van der Waals surface area contributed by atoms with Gasteiger partial charge in [-0.25, -0.2) is 0 Å². The smallest absolute Gasteiger partial charge is 0.234 e. The van der Waals surface area contributed by atoms with E-state index < -0.39 is 0 Å². The van der Waals surface area contributed by atoms with Crippen LogP contribution in [0.2, 0.25) is 0 Å². The molecule has 1 aliphatic carbocycles. The number of primary amides is 1. The van der Waals surface area contributed by atoms with Crippen LogP contribution in [-0.2, 0) is 4.79 Å². The highest BCUT2D eigenvalue weighted by atomic mass is 16.1. The molecule has 0 aromatic rings. The fraction of sp³-hybridized carbons (Fsp3) is 0.923. The van der Waals surface area contributed by atoms with Gasteiger partial charge in [0, 0.05) is 6.04 Å². The molecule has 0 aromatic carbocycles. The van der Waals surface area contributed by atoms with Crippen LogP contribution in [0.1, 0.15) is 47.0 Å². The topological polar surface area (TPSA) is 55.1 Å². The number of amides is 1. The molecule has 0 aliphatic heterocycles. The number of nitrogens with one attached hydrogen (secondary N) is 1. The normalized spacial score (nSPS) is 32.7. The van der Waals surface area contributed by atoms with Crippen LogP contribution in [0.25, 0.3) is 0 Å². The lowest BCUT2D eigenvalue weighted by atomic mass is 9.77. The Morgan fingerprint density at radius 2 is 1.94 bits per heavy atom. The van der Waals surface area contributed by atoms with Crippen LogP contribution in [0, 0.1) is 17.8 Å². The first-order chi connectivity index (χ1) is 7.43. The van der Waals surface area contributed by atoms with Crippen molar-refractivity contribution in [2.75, 3.05) is 0 Å². The van der Waals surface area contributed by atoms with Crippen molar-refractivity contribution in [3.8, 4) is 0 Å². The van der Waals surface area contributed by atoms with Crippen LogP contribution in [0.5, 0.6) is 0 Å². The molecule has 1 fully saturated rings. The zero-order chi connectivity index (χ0) is 12.3. The molecule has 3 heteroatoms. The van der Waals surface area contributed by atoms with Gasteiger partial charge in [0.05, 0.1) is 6.04 Å². The predicted octanol–water partition coefficient (Wildman–Crippen LogP) is 1.91. The number of carbonyl (C=O) groups excluding carboxylic acids is 1. The second-order valence-electron chi connectivity index (χ2n) is 5.66. The van der Waals surface area contributed by atoms with E-state index in [0.717, 1.165) is 5.92 Å². The number of carbonyl (C=O) groups is 1. The first kappa shape index (κ1) is 13.5. The van der Waals surface area contributed by atoms with Gasteiger partial charge in [-0.05, 0) is 24.2 Å². The molecule has 0 saturated heterocycles. The fourth-order valence-corrected chi connectivity index (χ4v) is 2.65. The van der Waals surface area contributed by atoms with Gasteiger partial charge >= 0.3 is 0 Å². The van der Waals surface area contributed by atoms with E-state index in [9.17, 15) is 4.79 Å². The summed E-state index contributed by atoms with van der Waals surface area (Å²) < 4.78 is 0. The Balaban J connectivity index is 2.60. The summed E-state index contributed by atoms with van der Waals surface area (Å²) in [5.74, 6) is 1.42. The van der Waals surface area contributed by atoms with Gasteiger partial charge in [0.25, 0.3) is 0 Å². The van der Waals surface area contributed by atoms with E-state index in [2.05, 4.69) is 19.2 Å². The molecule has 4 unspecified atom stereocenters. The Morgan fingerprint density at radius 3 is 2.44 bits per heavy atom. The van der Waals surface area contributed by atoms with Gasteiger partial charge in [0.2, 0.25) is 5.91 Å². The van der Waals surface area contributed by atoms with Gasteiger partial charge in [-0.15, -0.1) is 0 Å². The summed E-state index contributed by atoms with van der Waals surface area (Å²) in [5.41, 5.74) is 5.43. The Labute approximate surface area is 99.2 Å². The van der Waals surface area contributed by atoms with Crippen molar-refractivity contribution in [1.82, 2.24) is 5.32 Å². The van der Waals surface area contributed by atoms with Crippen LogP contribution in [0.4, 0.5) is 0 Å². The molecular weight excluding hydrogens is 200 g/mol. The second-order valence-corrected chi connectivity index (χ2v) is 5.66. The molecule has 1 amide bonds. The highest BCUT2D eigenvalue weighted by molar-refractivity contribution is 5.80. The average molecular weight is 226 g/mol. The molecule has 3 N–H and O–H groups in total. The van der Waals surface area contributed by atoms with E-state index in [-0.39, 0.29) is 17.9 Å². The number of hydrogen-bond acceptors (Lipinski definition) is 2. The number of rotatable bonds is 4. The zero-order valence-electron chi connectivity index (χ0n) is 11.0. The Kier molecular flexibility index (Phi) is 4.78. The third-order valence-electron chi connectivity index (χ3n) is 4.07. The van der Waals surface area contributed by atoms with Crippen LogP contribution in [0.3, 0.4) is 0 Å². The van der Waals surface area contributed by atoms with E-state index in [1.807, 2.05) is 13.8 Å². The van der Waals surface area contributed by atoms with Crippen LogP contribution in [-0.4, -0.2) is 18.0 Å². The molecule has 1 rings (SSSR count). The third kappa shape index (κ3) is 3.21. The first-order valence-electron chi connectivity index (χ1n) is 6.48.